The van der Waals surface area contributed by atoms with Gasteiger partial charge in [-0.2, -0.15) is 0 Å². The molecule has 1 heterocycles. The third kappa shape index (κ3) is 3.51. The van der Waals surface area contributed by atoms with Crippen molar-refractivity contribution in [3.05, 3.63) is 24.0 Å². The molecule has 6 nitrogen and oxygen atoms in total. The largest absolute Gasteiger partial charge is 0.396 e. The van der Waals surface area contributed by atoms with Crippen LogP contribution in [0.15, 0.2) is 18.2 Å². The summed E-state index contributed by atoms with van der Waals surface area (Å²) in [6.07, 6.45) is 1.82. The maximum absolute atomic E-state index is 13.2. The highest BCUT2D eigenvalue weighted by Crippen LogP contribution is 2.20. The van der Waals surface area contributed by atoms with Gasteiger partial charge in [0.25, 0.3) is 0 Å². The number of halogens is 1. The summed E-state index contributed by atoms with van der Waals surface area (Å²) in [6.45, 7) is 4.14. The van der Waals surface area contributed by atoms with Crippen molar-refractivity contribution < 1.29 is 9.13 Å². The van der Waals surface area contributed by atoms with Crippen LogP contribution >= 0.6 is 0 Å². The highest BCUT2D eigenvalue weighted by Gasteiger charge is 2.10. The summed E-state index contributed by atoms with van der Waals surface area (Å²) in [7, 11) is 0. The number of ether oxygens (including phenoxy) is 1. The molecule has 20 heavy (non-hydrogen) atoms. The Hall–Kier alpha value is -2.02. The minimum atomic E-state index is -0.444. The topological polar surface area (TPSA) is 78.8 Å². The number of nitrogens with zero attached hydrogens (tertiary/aromatic N) is 4. The predicted octanol–water partition coefficient (Wildman–Crippen LogP) is 1.88. The minimum absolute atomic E-state index is 0.0864. The van der Waals surface area contributed by atoms with Gasteiger partial charge in [-0.25, -0.2) is 9.07 Å². The molecular weight excluding hydrogens is 261 g/mol. The highest BCUT2D eigenvalue weighted by atomic mass is 19.1. The molecule has 2 rings (SSSR count). The molecule has 1 aromatic carbocycles. The maximum Gasteiger partial charge on any atom is 0.182 e. The first-order valence-electron chi connectivity index (χ1n) is 6.61. The number of aryl methyl sites for hydroxylation is 1. The summed E-state index contributed by atoms with van der Waals surface area (Å²) < 4.78 is 20.2. The molecule has 0 saturated carbocycles. The van der Waals surface area contributed by atoms with Crippen molar-refractivity contribution >= 4 is 5.69 Å². The van der Waals surface area contributed by atoms with E-state index in [4.69, 9.17) is 10.5 Å². The van der Waals surface area contributed by atoms with E-state index in [2.05, 4.69) is 22.4 Å². The molecule has 0 atom stereocenters. The highest BCUT2D eigenvalue weighted by molar-refractivity contribution is 5.61. The molecule has 2 aromatic rings. The summed E-state index contributed by atoms with van der Waals surface area (Å²) in [5.41, 5.74) is 6.34. The Labute approximate surface area is 116 Å². The third-order valence-electron chi connectivity index (χ3n) is 2.79. The standard InChI is InChI=1S/C13H18FN5O/c1-2-7-20-8-3-6-19-13(16-17-18-19)10-4-5-11(14)12(15)9-10/h4-5,9H,2-3,6-8,15H2,1H3. The van der Waals surface area contributed by atoms with Gasteiger partial charge < -0.3 is 10.5 Å². The zero-order chi connectivity index (χ0) is 14.4. The average molecular weight is 279 g/mol. The Bertz CT molecular complexity index is 557. The van der Waals surface area contributed by atoms with Crippen LogP contribution in [-0.4, -0.2) is 33.4 Å². The second-order valence-electron chi connectivity index (χ2n) is 4.43. The van der Waals surface area contributed by atoms with Gasteiger partial charge >= 0.3 is 0 Å². The third-order valence-corrected chi connectivity index (χ3v) is 2.79. The van der Waals surface area contributed by atoms with E-state index in [1.54, 1.807) is 10.7 Å². The lowest BCUT2D eigenvalue weighted by molar-refractivity contribution is 0.128. The molecule has 7 heteroatoms. The van der Waals surface area contributed by atoms with Crippen molar-refractivity contribution in [3.63, 3.8) is 0 Å². The van der Waals surface area contributed by atoms with Gasteiger partial charge in [0.1, 0.15) is 5.82 Å². The Balaban J connectivity index is 2.02. The van der Waals surface area contributed by atoms with Gasteiger partial charge in [0.2, 0.25) is 0 Å². The van der Waals surface area contributed by atoms with Crippen molar-refractivity contribution in [1.82, 2.24) is 20.2 Å². The number of benzene rings is 1. The van der Waals surface area contributed by atoms with Crippen molar-refractivity contribution in [1.29, 1.82) is 0 Å². The second-order valence-corrected chi connectivity index (χ2v) is 4.43. The van der Waals surface area contributed by atoms with E-state index >= 15 is 0 Å². The summed E-state index contributed by atoms with van der Waals surface area (Å²) in [5, 5.41) is 11.5. The monoisotopic (exact) mass is 279 g/mol. The van der Waals surface area contributed by atoms with E-state index in [0.29, 0.717) is 24.5 Å². The number of nitrogens with two attached hydrogens (primary N) is 1. The minimum Gasteiger partial charge on any atom is -0.396 e. The molecule has 0 saturated heterocycles. The molecule has 0 fully saturated rings. The zero-order valence-corrected chi connectivity index (χ0v) is 11.4. The lowest BCUT2D eigenvalue weighted by atomic mass is 10.2. The van der Waals surface area contributed by atoms with Crippen LogP contribution in [0.4, 0.5) is 10.1 Å². The molecule has 0 spiro atoms. The molecule has 0 amide bonds. The molecule has 0 aliphatic rings. The van der Waals surface area contributed by atoms with Crippen LogP contribution in [0.3, 0.4) is 0 Å². The SMILES string of the molecule is CCCOCCCn1nnnc1-c1ccc(F)c(N)c1. The molecular formula is C13H18FN5O. The Morgan fingerprint density at radius 1 is 1.35 bits per heavy atom. The van der Waals surface area contributed by atoms with E-state index in [1.165, 1.54) is 12.1 Å². The van der Waals surface area contributed by atoms with Gasteiger partial charge in [0.15, 0.2) is 5.82 Å². The number of anilines is 1. The normalized spacial score (nSPS) is 10.9. The fraction of sp³-hybridized carbons (Fsp3) is 0.462. The number of hydrogen-bond donors (Lipinski definition) is 1. The van der Waals surface area contributed by atoms with Crippen LogP contribution in [0.2, 0.25) is 0 Å². The molecule has 0 radical (unpaired) electrons. The van der Waals surface area contributed by atoms with Crippen molar-refractivity contribution in [2.24, 2.45) is 0 Å². The predicted molar refractivity (Wildman–Crippen MR) is 73.4 cm³/mol. The fourth-order valence-electron chi connectivity index (χ4n) is 1.81. The molecule has 0 unspecified atom stereocenters. The number of nitrogen functional groups attached to an aromatic ring is 1. The van der Waals surface area contributed by atoms with Crippen LogP contribution < -0.4 is 5.73 Å². The number of tetrazole rings is 1. The van der Waals surface area contributed by atoms with Crippen LogP contribution in [-0.2, 0) is 11.3 Å². The van der Waals surface area contributed by atoms with Gasteiger partial charge in [-0.05, 0) is 41.5 Å². The maximum atomic E-state index is 13.2. The summed E-state index contributed by atoms with van der Waals surface area (Å²) in [6, 6.07) is 4.46. The van der Waals surface area contributed by atoms with Crippen LogP contribution in [0, 0.1) is 5.82 Å². The second kappa shape index (κ2) is 6.95. The Kier molecular flexibility index (Phi) is 5.00. The molecule has 0 aliphatic carbocycles. The molecule has 1 aromatic heterocycles. The van der Waals surface area contributed by atoms with E-state index in [9.17, 15) is 4.39 Å². The number of hydrogen-bond acceptors (Lipinski definition) is 5. The number of aromatic nitrogens is 4. The molecule has 0 bridgehead atoms. The quantitative estimate of drug-likeness (QED) is 0.618. The van der Waals surface area contributed by atoms with Gasteiger partial charge in [-0.3, -0.25) is 0 Å². The smallest absolute Gasteiger partial charge is 0.182 e. The first kappa shape index (κ1) is 14.4. The van der Waals surface area contributed by atoms with Crippen molar-refractivity contribution in [3.8, 4) is 11.4 Å². The molecule has 0 aliphatic heterocycles. The van der Waals surface area contributed by atoms with Crippen LogP contribution in [0.5, 0.6) is 0 Å². The van der Waals surface area contributed by atoms with Gasteiger partial charge in [0, 0.05) is 25.3 Å². The molecule has 2 N–H and O–H groups in total. The average Bonchev–Trinajstić information content (AvgIpc) is 2.90. The lowest BCUT2D eigenvalue weighted by Gasteiger charge is -2.06. The zero-order valence-electron chi connectivity index (χ0n) is 11.4. The van der Waals surface area contributed by atoms with Crippen LogP contribution in [0.1, 0.15) is 19.8 Å². The van der Waals surface area contributed by atoms with Crippen LogP contribution in [0.25, 0.3) is 11.4 Å². The first-order chi connectivity index (χ1) is 9.72. The van der Waals surface area contributed by atoms with Crippen molar-refractivity contribution in [2.75, 3.05) is 18.9 Å². The number of rotatable bonds is 7. The van der Waals surface area contributed by atoms with E-state index in [-0.39, 0.29) is 5.69 Å². The van der Waals surface area contributed by atoms with E-state index in [0.717, 1.165) is 19.4 Å². The van der Waals surface area contributed by atoms with Gasteiger partial charge in [-0.15, -0.1) is 5.10 Å². The molecule has 108 valence electrons. The fourth-order valence-corrected chi connectivity index (χ4v) is 1.81. The lowest BCUT2D eigenvalue weighted by Crippen LogP contribution is -2.07. The van der Waals surface area contributed by atoms with Crippen molar-refractivity contribution in [2.45, 2.75) is 26.3 Å². The Morgan fingerprint density at radius 2 is 2.20 bits per heavy atom. The summed E-state index contributed by atoms with van der Waals surface area (Å²) in [5.74, 6) is 0.132. The Morgan fingerprint density at radius 3 is 2.95 bits per heavy atom. The van der Waals surface area contributed by atoms with E-state index in [1.807, 2.05) is 0 Å². The summed E-state index contributed by atoms with van der Waals surface area (Å²) in [4.78, 5) is 0. The van der Waals surface area contributed by atoms with Gasteiger partial charge in [-0.1, -0.05) is 6.92 Å². The van der Waals surface area contributed by atoms with E-state index < -0.39 is 5.82 Å². The first-order valence-corrected chi connectivity index (χ1v) is 6.61. The summed E-state index contributed by atoms with van der Waals surface area (Å²) >= 11 is 0. The van der Waals surface area contributed by atoms with Gasteiger partial charge in [0.05, 0.1) is 5.69 Å².